The normalized spacial score (nSPS) is 17.5. The summed E-state index contributed by atoms with van der Waals surface area (Å²) in [6, 6.07) is 7.81. The molecule has 1 aliphatic rings. The Morgan fingerprint density at radius 3 is 3.00 bits per heavy atom. The van der Waals surface area contributed by atoms with E-state index in [4.69, 9.17) is 5.73 Å². The summed E-state index contributed by atoms with van der Waals surface area (Å²) >= 11 is 1.62. The van der Waals surface area contributed by atoms with E-state index in [-0.39, 0.29) is 11.9 Å². The lowest BCUT2D eigenvalue weighted by molar-refractivity contribution is -0.119. The Kier molecular flexibility index (Phi) is 2.98. The van der Waals surface area contributed by atoms with Gasteiger partial charge in [-0.05, 0) is 18.6 Å². The summed E-state index contributed by atoms with van der Waals surface area (Å²) in [6.07, 6.45) is 0.689. The van der Waals surface area contributed by atoms with Crippen LogP contribution in [0, 0.1) is 6.92 Å². The van der Waals surface area contributed by atoms with Crippen LogP contribution in [-0.2, 0) is 17.8 Å². The van der Waals surface area contributed by atoms with Gasteiger partial charge in [-0.1, -0.05) is 18.2 Å². The van der Waals surface area contributed by atoms with Crippen molar-refractivity contribution >= 4 is 22.9 Å². The van der Waals surface area contributed by atoms with Gasteiger partial charge < -0.3 is 10.6 Å². The van der Waals surface area contributed by atoms with E-state index in [0.29, 0.717) is 13.0 Å². The van der Waals surface area contributed by atoms with Crippen LogP contribution in [0.2, 0.25) is 0 Å². The first-order chi connectivity index (χ1) is 9.15. The highest BCUT2D eigenvalue weighted by atomic mass is 32.1. The Labute approximate surface area is 115 Å². The van der Waals surface area contributed by atoms with Gasteiger partial charge in [0.2, 0.25) is 5.91 Å². The molecule has 0 spiro atoms. The predicted molar refractivity (Wildman–Crippen MR) is 76.2 cm³/mol. The van der Waals surface area contributed by atoms with E-state index in [2.05, 4.69) is 16.0 Å². The SMILES string of the molecule is Cc1nc(CN2c3ccccc3C[C@H]2C(N)=O)cs1. The molecule has 1 atom stereocenters. The van der Waals surface area contributed by atoms with Crippen molar-refractivity contribution in [2.24, 2.45) is 5.73 Å². The number of amides is 1. The summed E-state index contributed by atoms with van der Waals surface area (Å²) in [4.78, 5) is 18.2. The molecule has 0 fully saturated rings. The third kappa shape index (κ3) is 2.21. The molecule has 0 unspecified atom stereocenters. The van der Waals surface area contributed by atoms with Gasteiger partial charge in [-0.25, -0.2) is 4.98 Å². The van der Waals surface area contributed by atoms with Crippen LogP contribution in [0.25, 0.3) is 0 Å². The standard InChI is InChI=1S/C14H15N3OS/c1-9-16-11(8-19-9)7-17-12-5-3-2-4-10(12)6-13(17)14(15)18/h2-5,8,13H,6-7H2,1H3,(H2,15,18)/t13-/m0/s1. The number of hydrogen-bond acceptors (Lipinski definition) is 4. The van der Waals surface area contributed by atoms with Gasteiger partial charge in [0.25, 0.3) is 0 Å². The van der Waals surface area contributed by atoms with Crippen LogP contribution in [0.5, 0.6) is 0 Å². The van der Waals surface area contributed by atoms with Crippen LogP contribution in [-0.4, -0.2) is 16.9 Å². The first-order valence-corrected chi connectivity index (χ1v) is 7.08. The molecule has 1 aromatic heterocycles. The van der Waals surface area contributed by atoms with Gasteiger partial charge in [-0.15, -0.1) is 11.3 Å². The molecule has 19 heavy (non-hydrogen) atoms. The third-order valence-electron chi connectivity index (χ3n) is 3.42. The average Bonchev–Trinajstić information content (AvgIpc) is 2.95. The first-order valence-electron chi connectivity index (χ1n) is 6.20. The van der Waals surface area contributed by atoms with E-state index in [1.54, 1.807) is 11.3 Å². The molecule has 1 aliphatic heterocycles. The fourth-order valence-corrected chi connectivity index (χ4v) is 3.16. The Bertz CT molecular complexity index is 623. The Hall–Kier alpha value is -1.88. The largest absolute Gasteiger partial charge is 0.368 e. The highest BCUT2D eigenvalue weighted by Crippen LogP contribution is 2.33. The summed E-state index contributed by atoms with van der Waals surface area (Å²) in [6.45, 7) is 2.62. The number of primary amides is 1. The van der Waals surface area contributed by atoms with Crippen LogP contribution in [0.15, 0.2) is 29.6 Å². The van der Waals surface area contributed by atoms with Gasteiger partial charge in [0.05, 0.1) is 17.2 Å². The molecule has 1 aromatic carbocycles. The predicted octanol–water partition coefficient (Wildman–Crippen LogP) is 1.87. The van der Waals surface area contributed by atoms with E-state index in [1.807, 2.05) is 30.5 Å². The highest BCUT2D eigenvalue weighted by molar-refractivity contribution is 7.09. The zero-order chi connectivity index (χ0) is 13.4. The van der Waals surface area contributed by atoms with Crippen LogP contribution in [0.4, 0.5) is 5.69 Å². The van der Waals surface area contributed by atoms with Crippen LogP contribution >= 0.6 is 11.3 Å². The van der Waals surface area contributed by atoms with Crippen LogP contribution in [0.3, 0.4) is 0 Å². The van der Waals surface area contributed by atoms with Crippen molar-refractivity contribution in [3.8, 4) is 0 Å². The van der Waals surface area contributed by atoms with Crippen molar-refractivity contribution in [2.75, 3.05) is 4.90 Å². The number of fused-ring (bicyclic) bond motifs is 1. The summed E-state index contributed by atoms with van der Waals surface area (Å²) in [7, 11) is 0. The number of nitrogens with zero attached hydrogens (tertiary/aromatic N) is 2. The van der Waals surface area contributed by atoms with Crippen molar-refractivity contribution in [3.05, 3.63) is 45.9 Å². The minimum atomic E-state index is -0.275. The number of hydrogen-bond donors (Lipinski definition) is 1. The molecule has 0 saturated heterocycles. The number of thiazole rings is 1. The highest BCUT2D eigenvalue weighted by Gasteiger charge is 2.33. The molecule has 0 aliphatic carbocycles. The monoisotopic (exact) mass is 273 g/mol. The molecule has 4 nitrogen and oxygen atoms in total. The number of carbonyl (C=O) groups excluding carboxylic acids is 1. The number of aromatic nitrogens is 1. The van der Waals surface area contributed by atoms with Crippen molar-refractivity contribution in [1.82, 2.24) is 4.98 Å². The molecule has 0 radical (unpaired) electrons. The number of benzene rings is 1. The lowest BCUT2D eigenvalue weighted by Gasteiger charge is -2.24. The Morgan fingerprint density at radius 1 is 1.53 bits per heavy atom. The summed E-state index contributed by atoms with van der Waals surface area (Å²) in [5.74, 6) is -0.275. The quantitative estimate of drug-likeness (QED) is 0.928. The van der Waals surface area contributed by atoms with Gasteiger partial charge >= 0.3 is 0 Å². The van der Waals surface area contributed by atoms with Crippen molar-refractivity contribution in [1.29, 1.82) is 0 Å². The number of anilines is 1. The zero-order valence-electron chi connectivity index (χ0n) is 10.7. The van der Waals surface area contributed by atoms with Gasteiger partial charge in [-0.3, -0.25) is 4.79 Å². The van der Waals surface area contributed by atoms with Gasteiger partial charge in [-0.2, -0.15) is 0 Å². The first kappa shape index (κ1) is 12.2. The molecule has 0 saturated carbocycles. The molecule has 2 heterocycles. The fraction of sp³-hybridized carbons (Fsp3) is 0.286. The number of rotatable bonds is 3. The van der Waals surface area contributed by atoms with E-state index < -0.39 is 0 Å². The maximum Gasteiger partial charge on any atom is 0.240 e. The molecule has 5 heteroatoms. The van der Waals surface area contributed by atoms with Gasteiger partial charge in [0, 0.05) is 17.5 Å². The molecular formula is C14H15N3OS. The third-order valence-corrected chi connectivity index (χ3v) is 4.24. The lowest BCUT2D eigenvalue weighted by Crippen LogP contribution is -2.42. The number of para-hydroxylation sites is 1. The fourth-order valence-electron chi connectivity index (χ4n) is 2.55. The molecule has 2 aromatic rings. The van der Waals surface area contributed by atoms with E-state index in [9.17, 15) is 4.79 Å². The zero-order valence-corrected chi connectivity index (χ0v) is 11.5. The smallest absolute Gasteiger partial charge is 0.240 e. The van der Waals surface area contributed by atoms with Crippen LogP contribution < -0.4 is 10.6 Å². The van der Waals surface area contributed by atoms with E-state index >= 15 is 0 Å². The number of aryl methyl sites for hydroxylation is 1. The van der Waals surface area contributed by atoms with Crippen molar-refractivity contribution in [3.63, 3.8) is 0 Å². The number of carbonyl (C=O) groups is 1. The topological polar surface area (TPSA) is 59.2 Å². The second kappa shape index (κ2) is 4.66. The second-order valence-electron chi connectivity index (χ2n) is 4.74. The van der Waals surface area contributed by atoms with Crippen LogP contribution in [0.1, 0.15) is 16.3 Å². The molecule has 2 N–H and O–H groups in total. The number of nitrogens with two attached hydrogens (primary N) is 1. The van der Waals surface area contributed by atoms with E-state index in [1.165, 1.54) is 5.56 Å². The summed E-state index contributed by atoms with van der Waals surface area (Å²) in [5.41, 5.74) is 8.79. The Balaban J connectivity index is 1.93. The second-order valence-corrected chi connectivity index (χ2v) is 5.80. The molecular weight excluding hydrogens is 258 g/mol. The maximum absolute atomic E-state index is 11.6. The summed E-state index contributed by atoms with van der Waals surface area (Å²) in [5, 5.41) is 3.08. The molecule has 1 amide bonds. The van der Waals surface area contributed by atoms with Crippen molar-refractivity contribution < 1.29 is 4.79 Å². The molecule has 0 bridgehead atoms. The van der Waals surface area contributed by atoms with Gasteiger partial charge in [0.15, 0.2) is 0 Å². The minimum Gasteiger partial charge on any atom is -0.368 e. The average molecular weight is 273 g/mol. The summed E-state index contributed by atoms with van der Waals surface area (Å²) < 4.78 is 0. The van der Waals surface area contributed by atoms with E-state index in [0.717, 1.165) is 16.4 Å². The molecule has 98 valence electrons. The molecule has 3 rings (SSSR count). The Morgan fingerprint density at radius 2 is 2.32 bits per heavy atom. The maximum atomic E-state index is 11.6. The lowest BCUT2D eigenvalue weighted by atomic mass is 10.1. The van der Waals surface area contributed by atoms with Gasteiger partial charge in [0.1, 0.15) is 6.04 Å². The minimum absolute atomic E-state index is 0.264. The van der Waals surface area contributed by atoms with Crippen molar-refractivity contribution in [2.45, 2.75) is 25.9 Å².